The molecule has 2 rings (SSSR count). The second-order valence-corrected chi connectivity index (χ2v) is 6.42. The van der Waals surface area contributed by atoms with E-state index in [1.165, 1.54) is 11.3 Å². The number of hydrogen-bond donors (Lipinski definition) is 1. The summed E-state index contributed by atoms with van der Waals surface area (Å²) in [5.74, 6) is -0.309. The number of rotatable bonds is 5. The Labute approximate surface area is 128 Å². The van der Waals surface area contributed by atoms with E-state index in [1.807, 2.05) is 13.8 Å². The highest BCUT2D eigenvalue weighted by molar-refractivity contribution is 7.09. The van der Waals surface area contributed by atoms with Crippen LogP contribution in [0.5, 0.6) is 0 Å². The van der Waals surface area contributed by atoms with E-state index in [4.69, 9.17) is 9.47 Å². The smallest absolute Gasteiger partial charge is 0.311 e. The summed E-state index contributed by atoms with van der Waals surface area (Å²) in [5, 5.41) is 0. The number of thiazole rings is 1. The summed E-state index contributed by atoms with van der Waals surface area (Å²) in [6, 6.07) is 0. The highest BCUT2D eigenvalue weighted by Gasteiger charge is 2.24. The van der Waals surface area contributed by atoms with Gasteiger partial charge in [0.05, 0.1) is 25.2 Å². The van der Waals surface area contributed by atoms with Gasteiger partial charge in [0.25, 0.3) is 0 Å². The Kier molecular flexibility index (Phi) is 5.55. The van der Waals surface area contributed by atoms with Gasteiger partial charge in [0.15, 0.2) is 0 Å². The maximum absolute atomic E-state index is 11.6. The molecule has 21 heavy (non-hydrogen) atoms. The van der Waals surface area contributed by atoms with Gasteiger partial charge in [-0.1, -0.05) is 11.3 Å². The van der Waals surface area contributed by atoms with Crippen molar-refractivity contribution in [3.8, 4) is 0 Å². The molecule has 0 amide bonds. The molecule has 1 aliphatic rings. The number of aromatic nitrogens is 1. The minimum Gasteiger partial charge on any atom is -0.466 e. The van der Waals surface area contributed by atoms with Gasteiger partial charge in [-0.15, -0.1) is 0 Å². The van der Waals surface area contributed by atoms with E-state index in [2.05, 4.69) is 9.88 Å². The Morgan fingerprint density at radius 1 is 1.43 bits per heavy atom. The van der Waals surface area contributed by atoms with Crippen molar-refractivity contribution in [3.63, 3.8) is 0 Å². The zero-order chi connectivity index (χ0) is 15.4. The Bertz CT molecular complexity index is 529. The standard InChI is InChI=1S/C14H22N2O4S/c1-4-19-13(17)5-11-12(21-14(18)15-11)8-16-6-9(2)20-10(3)7-16/h9-10H,4-8H2,1-3H3,(H,15,18). The van der Waals surface area contributed by atoms with Crippen molar-refractivity contribution in [3.05, 3.63) is 20.2 Å². The van der Waals surface area contributed by atoms with Gasteiger partial charge >= 0.3 is 10.8 Å². The summed E-state index contributed by atoms with van der Waals surface area (Å²) >= 11 is 1.17. The molecular formula is C14H22N2O4S. The largest absolute Gasteiger partial charge is 0.466 e. The molecule has 1 saturated heterocycles. The second kappa shape index (κ2) is 7.20. The number of carbonyl (C=O) groups is 1. The first-order valence-electron chi connectivity index (χ1n) is 7.22. The number of ether oxygens (including phenoxy) is 2. The Morgan fingerprint density at radius 2 is 2.10 bits per heavy atom. The van der Waals surface area contributed by atoms with Crippen LogP contribution in [0.2, 0.25) is 0 Å². The maximum atomic E-state index is 11.6. The van der Waals surface area contributed by atoms with Crippen molar-refractivity contribution < 1.29 is 14.3 Å². The molecule has 0 spiro atoms. The summed E-state index contributed by atoms with van der Waals surface area (Å²) in [7, 11) is 0. The van der Waals surface area contributed by atoms with Gasteiger partial charge in [0.2, 0.25) is 0 Å². The molecule has 1 aromatic heterocycles. The first-order valence-corrected chi connectivity index (χ1v) is 8.03. The van der Waals surface area contributed by atoms with Crippen molar-refractivity contribution in [1.82, 2.24) is 9.88 Å². The number of nitrogens with one attached hydrogen (secondary N) is 1. The molecule has 2 atom stereocenters. The molecule has 118 valence electrons. The number of aromatic amines is 1. The lowest BCUT2D eigenvalue weighted by Gasteiger charge is -2.35. The third-order valence-electron chi connectivity index (χ3n) is 3.29. The number of carbonyl (C=O) groups excluding carboxylic acids is 1. The van der Waals surface area contributed by atoms with Gasteiger partial charge < -0.3 is 14.5 Å². The van der Waals surface area contributed by atoms with Crippen LogP contribution in [0.3, 0.4) is 0 Å². The minimum absolute atomic E-state index is 0.122. The molecule has 0 bridgehead atoms. The van der Waals surface area contributed by atoms with E-state index in [0.29, 0.717) is 18.8 Å². The van der Waals surface area contributed by atoms with E-state index in [9.17, 15) is 9.59 Å². The Balaban J connectivity index is 2.05. The summed E-state index contributed by atoms with van der Waals surface area (Å²) in [6.07, 6.45) is 0.480. The average Bonchev–Trinajstić information content (AvgIpc) is 2.68. The Morgan fingerprint density at radius 3 is 2.71 bits per heavy atom. The highest BCUT2D eigenvalue weighted by atomic mass is 32.1. The fourth-order valence-corrected chi connectivity index (χ4v) is 3.53. The number of esters is 1. The maximum Gasteiger partial charge on any atom is 0.311 e. The molecule has 6 nitrogen and oxygen atoms in total. The fraction of sp³-hybridized carbons (Fsp3) is 0.714. The van der Waals surface area contributed by atoms with Crippen LogP contribution in [-0.2, 0) is 27.2 Å². The van der Waals surface area contributed by atoms with E-state index in [-0.39, 0.29) is 29.5 Å². The van der Waals surface area contributed by atoms with E-state index in [0.717, 1.165) is 18.0 Å². The topological polar surface area (TPSA) is 71.6 Å². The molecular weight excluding hydrogens is 292 g/mol. The van der Waals surface area contributed by atoms with Gasteiger partial charge in [-0.25, -0.2) is 0 Å². The van der Waals surface area contributed by atoms with Crippen molar-refractivity contribution in [2.24, 2.45) is 0 Å². The highest BCUT2D eigenvalue weighted by Crippen LogP contribution is 2.18. The number of morpholine rings is 1. The monoisotopic (exact) mass is 314 g/mol. The molecule has 2 unspecified atom stereocenters. The van der Waals surface area contributed by atoms with Crippen LogP contribution in [0, 0.1) is 0 Å². The molecule has 0 saturated carbocycles. The van der Waals surface area contributed by atoms with Crippen LogP contribution in [-0.4, -0.2) is 47.8 Å². The van der Waals surface area contributed by atoms with Crippen LogP contribution in [0.25, 0.3) is 0 Å². The molecule has 0 aliphatic carbocycles. The average molecular weight is 314 g/mol. The lowest BCUT2D eigenvalue weighted by atomic mass is 10.2. The number of H-pyrrole nitrogens is 1. The zero-order valence-electron chi connectivity index (χ0n) is 12.7. The lowest BCUT2D eigenvalue weighted by molar-refractivity contribution is -0.142. The lowest BCUT2D eigenvalue weighted by Crippen LogP contribution is -2.44. The molecule has 7 heteroatoms. The van der Waals surface area contributed by atoms with Gasteiger partial charge in [0.1, 0.15) is 0 Å². The van der Waals surface area contributed by atoms with Crippen LogP contribution >= 0.6 is 11.3 Å². The van der Waals surface area contributed by atoms with Crippen molar-refractivity contribution in [2.75, 3.05) is 19.7 Å². The predicted octanol–water partition coefficient (Wildman–Crippen LogP) is 1.15. The molecule has 1 aliphatic heterocycles. The Hall–Kier alpha value is -1.18. The van der Waals surface area contributed by atoms with Crippen LogP contribution in [0.4, 0.5) is 0 Å². The summed E-state index contributed by atoms with van der Waals surface area (Å²) in [6.45, 7) is 8.52. The van der Waals surface area contributed by atoms with Crippen LogP contribution in [0.1, 0.15) is 31.3 Å². The van der Waals surface area contributed by atoms with Crippen LogP contribution in [0.15, 0.2) is 4.79 Å². The molecule has 1 fully saturated rings. The minimum atomic E-state index is -0.309. The third kappa shape index (κ3) is 4.66. The number of nitrogens with zero attached hydrogens (tertiary/aromatic N) is 1. The van der Waals surface area contributed by atoms with Gasteiger partial charge in [-0.3, -0.25) is 14.5 Å². The van der Waals surface area contributed by atoms with E-state index >= 15 is 0 Å². The van der Waals surface area contributed by atoms with Gasteiger partial charge in [-0.2, -0.15) is 0 Å². The second-order valence-electron chi connectivity index (χ2n) is 5.35. The van der Waals surface area contributed by atoms with Gasteiger partial charge in [0, 0.05) is 30.2 Å². The fourth-order valence-electron chi connectivity index (χ4n) is 2.64. The SMILES string of the molecule is CCOC(=O)Cc1[nH]c(=O)sc1CN1CC(C)OC(C)C1. The predicted molar refractivity (Wildman–Crippen MR) is 80.6 cm³/mol. The summed E-state index contributed by atoms with van der Waals surface area (Å²) in [4.78, 5) is 29.0. The van der Waals surface area contributed by atoms with Crippen LogP contribution < -0.4 is 4.87 Å². The number of hydrogen-bond acceptors (Lipinski definition) is 6. The molecule has 0 radical (unpaired) electrons. The van der Waals surface area contributed by atoms with Crippen molar-refractivity contribution in [1.29, 1.82) is 0 Å². The van der Waals surface area contributed by atoms with Crippen molar-refractivity contribution >= 4 is 17.3 Å². The first-order chi connectivity index (χ1) is 9.97. The first kappa shape index (κ1) is 16.2. The van der Waals surface area contributed by atoms with Crippen molar-refractivity contribution in [2.45, 2.75) is 45.9 Å². The summed E-state index contributed by atoms with van der Waals surface area (Å²) < 4.78 is 10.6. The summed E-state index contributed by atoms with van der Waals surface area (Å²) in [5.41, 5.74) is 0.676. The van der Waals surface area contributed by atoms with E-state index in [1.54, 1.807) is 6.92 Å². The van der Waals surface area contributed by atoms with E-state index < -0.39 is 0 Å². The quantitative estimate of drug-likeness (QED) is 0.826. The van der Waals surface area contributed by atoms with Gasteiger partial charge in [-0.05, 0) is 20.8 Å². The molecule has 0 aromatic carbocycles. The zero-order valence-corrected chi connectivity index (χ0v) is 13.5. The molecule has 1 N–H and O–H groups in total. The molecule has 1 aromatic rings. The molecule has 2 heterocycles. The normalized spacial score (nSPS) is 23.2. The third-order valence-corrected chi connectivity index (χ3v) is 4.20.